The van der Waals surface area contributed by atoms with Gasteiger partial charge in [0.25, 0.3) is 5.88 Å². The van der Waals surface area contributed by atoms with Gasteiger partial charge >= 0.3 is 5.97 Å². The molecular formula is C22H23N3O5. The lowest BCUT2D eigenvalue weighted by Crippen LogP contribution is -2.14. The van der Waals surface area contributed by atoms with E-state index in [0.717, 1.165) is 11.1 Å². The van der Waals surface area contributed by atoms with E-state index in [1.807, 2.05) is 34.9 Å². The molecule has 0 bridgehead atoms. The number of rotatable bonds is 6. The van der Waals surface area contributed by atoms with Crippen LogP contribution < -0.4 is 14.2 Å². The van der Waals surface area contributed by atoms with Crippen molar-refractivity contribution in [1.82, 2.24) is 14.5 Å². The quantitative estimate of drug-likeness (QED) is 0.577. The number of carbonyl (C=O) groups excluding carboxylic acids is 1. The van der Waals surface area contributed by atoms with Gasteiger partial charge in [-0.05, 0) is 37.1 Å². The maximum absolute atomic E-state index is 12.8. The van der Waals surface area contributed by atoms with Crippen LogP contribution in [0.1, 0.15) is 23.0 Å². The van der Waals surface area contributed by atoms with Crippen molar-refractivity contribution in [3.63, 3.8) is 0 Å². The van der Waals surface area contributed by atoms with Crippen molar-refractivity contribution in [2.75, 3.05) is 27.9 Å². The molecule has 8 heteroatoms. The first-order valence-electron chi connectivity index (χ1n) is 9.66. The number of esters is 1. The highest BCUT2D eigenvalue weighted by Crippen LogP contribution is 2.40. The number of nitrogens with zero attached hydrogens (tertiary/aromatic N) is 3. The number of pyridine rings is 1. The number of carbonyl (C=O) groups is 1. The lowest BCUT2D eigenvalue weighted by atomic mass is 10.0. The summed E-state index contributed by atoms with van der Waals surface area (Å²) in [6.45, 7) is 2.65. The Morgan fingerprint density at radius 1 is 1.07 bits per heavy atom. The van der Waals surface area contributed by atoms with Crippen molar-refractivity contribution < 1.29 is 23.7 Å². The van der Waals surface area contributed by atoms with Crippen LogP contribution in [0.3, 0.4) is 0 Å². The Bertz CT molecular complexity index is 1110. The van der Waals surface area contributed by atoms with E-state index in [9.17, 15) is 4.79 Å². The van der Waals surface area contributed by atoms with Crippen LogP contribution in [0.15, 0.2) is 30.3 Å². The maximum Gasteiger partial charge on any atom is 0.359 e. The van der Waals surface area contributed by atoms with E-state index in [1.54, 1.807) is 21.1 Å². The van der Waals surface area contributed by atoms with E-state index in [4.69, 9.17) is 18.9 Å². The van der Waals surface area contributed by atoms with E-state index in [0.29, 0.717) is 47.6 Å². The minimum atomic E-state index is -0.484. The molecule has 0 spiro atoms. The summed E-state index contributed by atoms with van der Waals surface area (Å²) in [6.07, 6.45) is 0.705. The molecule has 3 heterocycles. The molecule has 0 fully saturated rings. The third-order valence-corrected chi connectivity index (χ3v) is 5.06. The fraction of sp³-hybridized carbons (Fsp3) is 0.318. The third-order valence-electron chi connectivity index (χ3n) is 5.06. The molecule has 156 valence electrons. The third kappa shape index (κ3) is 3.14. The molecule has 0 radical (unpaired) electrons. The number of methoxy groups -OCH3 is 3. The highest BCUT2D eigenvalue weighted by Gasteiger charge is 2.31. The average molecular weight is 409 g/mol. The van der Waals surface area contributed by atoms with Crippen molar-refractivity contribution in [2.45, 2.75) is 19.9 Å². The Morgan fingerprint density at radius 2 is 1.83 bits per heavy atom. The van der Waals surface area contributed by atoms with Gasteiger partial charge in [-0.2, -0.15) is 0 Å². The largest absolute Gasteiger partial charge is 0.496 e. The Hall–Kier alpha value is -3.55. The Balaban J connectivity index is 1.98. The van der Waals surface area contributed by atoms with Crippen LogP contribution in [0, 0.1) is 0 Å². The molecule has 0 unspecified atom stereocenters. The fourth-order valence-electron chi connectivity index (χ4n) is 3.73. The smallest absolute Gasteiger partial charge is 0.359 e. The minimum absolute atomic E-state index is 0.237. The van der Waals surface area contributed by atoms with E-state index in [-0.39, 0.29) is 12.3 Å². The number of fused-ring (bicyclic) bond motifs is 3. The molecule has 0 saturated carbocycles. The van der Waals surface area contributed by atoms with Gasteiger partial charge in [-0.3, -0.25) is 0 Å². The Morgan fingerprint density at radius 3 is 2.53 bits per heavy atom. The van der Waals surface area contributed by atoms with Gasteiger partial charge in [0, 0.05) is 12.1 Å². The first-order valence-corrected chi connectivity index (χ1v) is 9.66. The SMILES string of the molecule is CCOC(=O)c1nc2n(c1-c1ccccc1OC)CCc1cc(OC)c(OC)nc1-2. The van der Waals surface area contributed by atoms with E-state index < -0.39 is 5.97 Å². The predicted octanol–water partition coefficient (Wildman–Crippen LogP) is 3.37. The number of ether oxygens (including phenoxy) is 4. The van der Waals surface area contributed by atoms with Crippen molar-refractivity contribution in [1.29, 1.82) is 0 Å². The molecule has 1 aromatic carbocycles. The van der Waals surface area contributed by atoms with Crippen molar-refractivity contribution in [3.05, 3.63) is 41.6 Å². The second-order valence-electron chi connectivity index (χ2n) is 6.66. The Labute approximate surface area is 174 Å². The zero-order valence-electron chi connectivity index (χ0n) is 17.4. The molecule has 0 N–H and O–H groups in total. The highest BCUT2D eigenvalue weighted by atomic mass is 16.5. The van der Waals surface area contributed by atoms with Gasteiger partial charge in [0.2, 0.25) is 0 Å². The number of para-hydroxylation sites is 1. The van der Waals surface area contributed by atoms with Gasteiger partial charge in [0.05, 0.1) is 33.6 Å². The highest BCUT2D eigenvalue weighted by molar-refractivity contribution is 5.96. The molecule has 1 aliphatic heterocycles. The van der Waals surface area contributed by atoms with Gasteiger partial charge in [-0.1, -0.05) is 12.1 Å². The summed E-state index contributed by atoms with van der Waals surface area (Å²) < 4.78 is 23.6. The number of aromatic nitrogens is 3. The lowest BCUT2D eigenvalue weighted by Gasteiger charge is -2.21. The van der Waals surface area contributed by atoms with E-state index in [1.165, 1.54) is 7.11 Å². The lowest BCUT2D eigenvalue weighted by molar-refractivity contribution is 0.0521. The molecule has 0 amide bonds. The molecule has 0 saturated heterocycles. The van der Waals surface area contributed by atoms with Gasteiger partial charge in [0.1, 0.15) is 11.4 Å². The van der Waals surface area contributed by atoms with E-state index in [2.05, 4.69) is 9.97 Å². The molecule has 0 aliphatic carbocycles. The summed E-state index contributed by atoms with van der Waals surface area (Å²) in [4.78, 5) is 22.1. The van der Waals surface area contributed by atoms with Crippen molar-refractivity contribution >= 4 is 5.97 Å². The molecular weight excluding hydrogens is 386 g/mol. The number of aryl methyl sites for hydroxylation is 1. The van der Waals surface area contributed by atoms with Gasteiger partial charge in [-0.15, -0.1) is 0 Å². The van der Waals surface area contributed by atoms with Gasteiger partial charge < -0.3 is 23.5 Å². The van der Waals surface area contributed by atoms with Crippen LogP contribution in [0.25, 0.3) is 22.8 Å². The molecule has 0 atom stereocenters. The summed E-state index contributed by atoms with van der Waals surface area (Å²) in [7, 11) is 4.72. The summed E-state index contributed by atoms with van der Waals surface area (Å²) in [5.41, 5.74) is 3.30. The topological polar surface area (TPSA) is 84.7 Å². The molecule has 1 aliphatic rings. The van der Waals surface area contributed by atoms with Crippen LogP contribution in [0.4, 0.5) is 0 Å². The molecule has 2 aromatic heterocycles. The first-order chi connectivity index (χ1) is 14.6. The van der Waals surface area contributed by atoms with Crippen molar-refractivity contribution in [2.24, 2.45) is 0 Å². The van der Waals surface area contributed by atoms with Crippen LogP contribution in [-0.4, -0.2) is 48.4 Å². The van der Waals surface area contributed by atoms with E-state index >= 15 is 0 Å². The number of hydrogen-bond acceptors (Lipinski definition) is 7. The zero-order valence-corrected chi connectivity index (χ0v) is 17.4. The molecule has 3 aromatic rings. The van der Waals surface area contributed by atoms with Gasteiger partial charge in [0.15, 0.2) is 17.3 Å². The fourth-order valence-corrected chi connectivity index (χ4v) is 3.73. The monoisotopic (exact) mass is 409 g/mol. The number of hydrogen-bond donors (Lipinski definition) is 0. The maximum atomic E-state index is 12.8. The van der Waals surface area contributed by atoms with Crippen LogP contribution in [0.5, 0.6) is 17.4 Å². The average Bonchev–Trinajstić information content (AvgIpc) is 3.18. The molecule has 30 heavy (non-hydrogen) atoms. The second-order valence-corrected chi connectivity index (χ2v) is 6.66. The number of imidazole rings is 1. The van der Waals surface area contributed by atoms with Crippen LogP contribution >= 0.6 is 0 Å². The van der Waals surface area contributed by atoms with Crippen molar-refractivity contribution in [3.8, 4) is 40.2 Å². The molecule has 8 nitrogen and oxygen atoms in total. The summed E-state index contributed by atoms with van der Waals surface area (Å²) in [6, 6.07) is 9.45. The number of benzene rings is 1. The Kier molecular flexibility index (Phi) is 5.31. The standard InChI is InChI=1S/C22H23N3O5/c1-5-30-22(26)18-19(14-8-6-7-9-15(14)27-2)25-11-10-13-12-16(28-3)21(29-4)24-17(13)20(25)23-18/h6-9,12H,5,10-11H2,1-4H3. The van der Waals surface area contributed by atoms with Gasteiger partial charge in [-0.25, -0.2) is 14.8 Å². The minimum Gasteiger partial charge on any atom is -0.496 e. The van der Waals surface area contributed by atoms with Crippen LogP contribution in [0.2, 0.25) is 0 Å². The predicted molar refractivity (Wildman–Crippen MR) is 110 cm³/mol. The summed E-state index contributed by atoms with van der Waals surface area (Å²) in [5.74, 6) is 1.68. The zero-order chi connectivity index (χ0) is 21.3. The molecule has 4 rings (SSSR count). The first kappa shape index (κ1) is 19.8. The van der Waals surface area contributed by atoms with Crippen LogP contribution in [-0.2, 0) is 17.7 Å². The summed E-state index contributed by atoms with van der Waals surface area (Å²) in [5, 5.41) is 0. The normalized spacial score (nSPS) is 12.0. The second kappa shape index (κ2) is 8.06. The summed E-state index contributed by atoms with van der Waals surface area (Å²) >= 11 is 0.